The van der Waals surface area contributed by atoms with E-state index in [1.165, 1.54) is 99.1 Å². The molecule has 0 saturated carbocycles. The lowest BCUT2D eigenvalue weighted by molar-refractivity contribution is 0.660. The van der Waals surface area contributed by atoms with Crippen LogP contribution in [0.4, 0.5) is 17.1 Å². The van der Waals surface area contributed by atoms with Gasteiger partial charge in [0, 0.05) is 55.4 Å². The molecule has 2 heterocycles. The Morgan fingerprint density at radius 3 is 1.85 bits per heavy atom. The molecule has 0 amide bonds. The molecule has 2 aliphatic carbocycles. The van der Waals surface area contributed by atoms with E-state index < -0.39 is 0 Å². The summed E-state index contributed by atoms with van der Waals surface area (Å²) >= 11 is 0. The smallest absolute Gasteiger partial charge is 0.0547 e. The van der Waals surface area contributed by atoms with Crippen molar-refractivity contribution in [1.82, 2.24) is 9.13 Å². The molecule has 0 saturated heterocycles. The van der Waals surface area contributed by atoms with Gasteiger partial charge in [0.25, 0.3) is 0 Å². The number of hydrogen-bond acceptors (Lipinski definition) is 1. The van der Waals surface area contributed by atoms with E-state index in [2.05, 4.69) is 247 Å². The van der Waals surface area contributed by atoms with E-state index in [1.807, 2.05) is 0 Å². The van der Waals surface area contributed by atoms with Crippen molar-refractivity contribution in [2.45, 2.75) is 32.6 Å². The van der Waals surface area contributed by atoms with E-state index in [4.69, 9.17) is 0 Å². The van der Waals surface area contributed by atoms with E-state index in [1.54, 1.807) is 0 Å². The van der Waals surface area contributed by atoms with Crippen LogP contribution in [0.2, 0.25) is 0 Å². The number of para-hydroxylation sites is 3. The SMILES string of the molecule is CC1C=C(n2c3ccc(-c4ccc(N(c5ccccc5)c5ccc6c(c5)C(C)(C)c5ccccc5-6)cc4)cc3c3c4ccc5c(c4ccc32)c2ccccc2n5-c2ccccc2)C=CC1. The summed E-state index contributed by atoms with van der Waals surface area (Å²) in [7, 11) is 0. The first-order chi connectivity index (χ1) is 31.9. The average molecular weight is 834 g/mol. The lowest BCUT2D eigenvalue weighted by Crippen LogP contribution is -2.16. The van der Waals surface area contributed by atoms with Crippen molar-refractivity contribution < 1.29 is 0 Å². The summed E-state index contributed by atoms with van der Waals surface area (Å²) < 4.78 is 4.91. The predicted molar refractivity (Wildman–Crippen MR) is 276 cm³/mol. The monoisotopic (exact) mass is 833 g/mol. The quantitative estimate of drug-likeness (QED) is 0.163. The predicted octanol–water partition coefficient (Wildman–Crippen LogP) is 16.9. The fourth-order valence-corrected chi connectivity index (χ4v) is 11.3. The van der Waals surface area contributed by atoms with Crippen LogP contribution < -0.4 is 4.90 Å². The second-order valence-electron chi connectivity index (χ2n) is 18.6. The Bertz CT molecular complexity index is 3770. The standard InChI is InChI=1S/C62H47N3/c1-40-15-14-20-46(37-40)65-57-34-27-42(38-53(57)61-51-33-35-58-60(50(51)32-36-59(61)65)52-22-11-13-24-56(52)64(58)44-18-8-5-9-19-44)41-25-28-45(29-26-41)63(43-16-6-4-7-17-43)47-30-31-49-48-21-10-12-23-54(48)62(2,3)55(49)39-47/h4-14,16-40H,15H2,1-3H3. The zero-order valence-electron chi connectivity index (χ0n) is 36.8. The Labute approximate surface area is 379 Å². The molecule has 310 valence electrons. The molecule has 65 heavy (non-hydrogen) atoms. The van der Waals surface area contributed by atoms with Crippen LogP contribution in [0.3, 0.4) is 0 Å². The van der Waals surface area contributed by atoms with E-state index in [0.29, 0.717) is 5.92 Å². The highest BCUT2D eigenvalue weighted by molar-refractivity contribution is 6.30. The van der Waals surface area contributed by atoms with Gasteiger partial charge in [-0.3, -0.25) is 0 Å². The number of nitrogens with zero attached hydrogens (tertiary/aromatic N) is 3. The molecule has 0 N–H and O–H groups in total. The van der Waals surface area contributed by atoms with Crippen molar-refractivity contribution in [2.75, 3.05) is 4.90 Å². The second-order valence-corrected chi connectivity index (χ2v) is 18.6. The van der Waals surface area contributed by atoms with Crippen LogP contribution in [0.15, 0.2) is 212 Å². The summed E-state index contributed by atoms with van der Waals surface area (Å²) in [6.45, 7) is 7.03. The number of benzene rings is 9. The lowest BCUT2D eigenvalue weighted by atomic mass is 9.82. The highest BCUT2D eigenvalue weighted by Crippen LogP contribution is 2.51. The maximum absolute atomic E-state index is 2.49. The third-order valence-electron chi connectivity index (χ3n) is 14.4. The van der Waals surface area contributed by atoms with Gasteiger partial charge in [-0.1, -0.05) is 148 Å². The first-order valence-electron chi connectivity index (χ1n) is 23.0. The van der Waals surface area contributed by atoms with Crippen LogP contribution >= 0.6 is 0 Å². The van der Waals surface area contributed by atoms with Gasteiger partial charge >= 0.3 is 0 Å². The van der Waals surface area contributed by atoms with Gasteiger partial charge in [-0.15, -0.1) is 0 Å². The fraction of sp³-hybridized carbons (Fsp3) is 0.0968. The summed E-state index contributed by atoms with van der Waals surface area (Å²) in [5.74, 6) is 0.472. The fourth-order valence-electron chi connectivity index (χ4n) is 11.3. The van der Waals surface area contributed by atoms with Crippen LogP contribution in [-0.2, 0) is 5.41 Å². The molecular formula is C62H47N3. The average Bonchev–Trinajstić information content (AvgIpc) is 3.95. The summed E-state index contributed by atoms with van der Waals surface area (Å²) in [4.78, 5) is 2.40. The Balaban J connectivity index is 0.979. The van der Waals surface area contributed by atoms with Crippen molar-refractivity contribution in [3.05, 3.63) is 223 Å². The number of hydrogen-bond donors (Lipinski definition) is 0. The minimum atomic E-state index is -0.0870. The third-order valence-corrected chi connectivity index (χ3v) is 14.4. The number of rotatable bonds is 6. The largest absolute Gasteiger partial charge is 0.310 e. The molecule has 13 rings (SSSR count). The Morgan fingerprint density at radius 1 is 0.462 bits per heavy atom. The van der Waals surface area contributed by atoms with Crippen molar-refractivity contribution in [3.63, 3.8) is 0 Å². The number of aromatic nitrogens is 2. The molecule has 0 bridgehead atoms. The first kappa shape index (κ1) is 37.7. The topological polar surface area (TPSA) is 13.1 Å². The molecule has 0 radical (unpaired) electrons. The maximum atomic E-state index is 2.49. The summed E-state index contributed by atoms with van der Waals surface area (Å²) in [5, 5.41) is 7.66. The minimum Gasteiger partial charge on any atom is -0.310 e. The Hall–Kier alpha value is -7.88. The second kappa shape index (κ2) is 14.3. The number of anilines is 3. The molecule has 0 aliphatic heterocycles. The molecule has 1 atom stereocenters. The van der Waals surface area contributed by atoms with Gasteiger partial charge in [-0.25, -0.2) is 0 Å². The molecule has 0 spiro atoms. The molecule has 0 fully saturated rings. The van der Waals surface area contributed by atoms with E-state index in [-0.39, 0.29) is 5.41 Å². The van der Waals surface area contributed by atoms with Crippen molar-refractivity contribution in [1.29, 1.82) is 0 Å². The molecule has 11 aromatic rings. The lowest BCUT2D eigenvalue weighted by Gasteiger charge is -2.28. The maximum Gasteiger partial charge on any atom is 0.0547 e. The Morgan fingerprint density at radius 2 is 1.06 bits per heavy atom. The van der Waals surface area contributed by atoms with E-state index in [9.17, 15) is 0 Å². The molecular weight excluding hydrogens is 787 g/mol. The van der Waals surface area contributed by atoms with Gasteiger partial charge < -0.3 is 14.0 Å². The van der Waals surface area contributed by atoms with E-state index in [0.717, 1.165) is 23.5 Å². The summed E-state index contributed by atoms with van der Waals surface area (Å²) in [6, 6.07) is 72.0. The molecule has 3 heteroatoms. The van der Waals surface area contributed by atoms with Gasteiger partial charge in [-0.05, 0) is 141 Å². The third kappa shape index (κ3) is 5.68. The highest BCUT2D eigenvalue weighted by Gasteiger charge is 2.35. The molecule has 1 unspecified atom stereocenters. The number of allylic oxidation sites excluding steroid dienone is 4. The van der Waals surface area contributed by atoms with Gasteiger partial charge in [-0.2, -0.15) is 0 Å². The zero-order chi connectivity index (χ0) is 43.4. The first-order valence-corrected chi connectivity index (χ1v) is 23.0. The van der Waals surface area contributed by atoms with Crippen LogP contribution in [0, 0.1) is 5.92 Å². The Kier molecular flexibility index (Phi) is 8.30. The summed E-state index contributed by atoms with van der Waals surface area (Å²) in [5.41, 5.74) is 18.5. The molecule has 2 aliphatic rings. The molecule has 2 aromatic heterocycles. The molecule has 3 nitrogen and oxygen atoms in total. The summed E-state index contributed by atoms with van der Waals surface area (Å²) in [6.07, 6.45) is 8.14. The van der Waals surface area contributed by atoms with E-state index >= 15 is 0 Å². The molecule has 9 aromatic carbocycles. The van der Waals surface area contributed by atoms with Crippen molar-refractivity contribution in [3.8, 4) is 27.9 Å². The van der Waals surface area contributed by atoms with Gasteiger partial charge in [0.05, 0.1) is 22.1 Å². The van der Waals surface area contributed by atoms with Crippen molar-refractivity contribution in [2.24, 2.45) is 5.92 Å². The van der Waals surface area contributed by atoms with Gasteiger partial charge in [0.1, 0.15) is 0 Å². The van der Waals surface area contributed by atoms with Crippen LogP contribution in [0.25, 0.3) is 88.0 Å². The normalized spacial score (nSPS) is 15.2. The van der Waals surface area contributed by atoms with Gasteiger partial charge in [0.2, 0.25) is 0 Å². The zero-order valence-corrected chi connectivity index (χ0v) is 36.8. The number of fused-ring (bicyclic) bond motifs is 12. The van der Waals surface area contributed by atoms with Crippen molar-refractivity contribution >= 4 is 77.1 Å². The minimum absolute atomic E-state index is 0.0870. The van der Waals surface area contributed by atoms with Crippen LogP contribution in [0.5, 0.6) is 0 Å². The van der Waals surface area contributed by atoms with Crippen LogP contribution in [-0.4, -0.2) is 9.13 Å². The van der Waals surface area contributed by atoms with Crippen LogP contribution in [0.1, 0.15) is 38.3 Å². The highest BCUT2D eigenvalue weighted by atomic mass is 15.1. The van der Waals surface area contributed by atoms with Gasteiger partial charge in [0.15, 0.2) is 0 Å².